The normalized spacial score (nSPS) is 10.4. The average Bonchev–Trinajstić information content (AvgIpc) is 2.64. The van der Waals surface area contributed by atoms with Gasteiger partial charge in [0.2, 0.25) is 0 Å². The summed E-state index contributed by atoms with van der Waals surface area (Å²) in [6.07, 6.45) is 0. The Balaban J connectivity index is 2.27. The molecule has 1 aromatic carbocycles. The highest BCUT2D eigenvalue weighted by Gasteiger charge is 2.14. The molecule has 3 nitrogen and oxygen atoms in total. The Morgan fingerprint density at radius 3 is 2.44 bits per heavy atom. The number of hydrogen-bond donors (Lipinski definition) is 2. The fourth-order valence-electron chi connectivity index (χ4n) is 1.40. The molecule has 18 heavy (non-hydrogen) atoms. The van der Waals surface area contributed by atoms with Gasteiger partial charge in [0.15, 0.2) is 0 Å². The summed E-state index contributed by atoms with van der Waals surface area (Å²) in [6.45, 7) is 1.89. The Morgan fingerprint density at radius 2 is 1.94 bits per heavy atom. The average molecular weight is 390 g/mol. The number of hydrogen-bond acceptors (Lipinski definition) is 3. The third kappa shape index (κ3) is 2.76. The van der Waals surface area contributed by atoms with Gasteiger partial charge in [0.1, 0.15) is 0 Å². The lowest BCUT2D eigenvalue weighted by atomic mass is 10.3. The second kappa shape index (κ2) is 5.42. The molecule has 0 bridgehead atoms. The van der Waals surface area contributed by atoms with Crippen LogP contribution in [0.15, 0.2) is 33.2 Å². The minimum atomic E-state index is -0.160. The van der Waals surface area contributed by atoms with E-state index in [4.69, 9.17) is 5.73 Å². The van der Waals surface area contributed by atoms with E-state index in [1.807, 2.05) is 25.1 Å². The number of thiophene rings is 1. The van der Waals surface area contributed by atoms with Gasteiger partial charge in [-0.25, -0.2) is 0 Å². The fourth-order valence-corrected chi connectivity index (χ4v) is 3.43. The van der Waals surface area contributed by atoms with Gasteiger partial charge in [0.05, 0.1) is 10.6 Å². The van der Waals surface area contributed by atoms with Crippen molar-refractivity contribution in [3.05, 3.63) is 43.0 Å². The van der Waals surface area contributed by atoms with Crippen LogP contribution in [-0.4, -0.2) is 5.91 Å². The number of halogens is 2. The molecule has 1 aromatic heterocycles. The van der Waals surface area contributed by atoms with Gasteiger partial charge in [0, 0.05) is 19.5 Å². The van der Waals surface area contributed by atoms with Crippen molar-refractivity contribution in [3.63, 3.8) is 0 Å². The number of aryl methyl sites for hydroxylation is 1. The van der Waals surface area contributed by atoms with Crippen LogP contribution in [0.5, 0.6) is 0 Å². The molecular weight excluding hydrogens is 380 g/mol. The van der Waals surface area contributed by atoms with Crippen LogP contribution in [-0.2, 0) is 0 Å². The van der Waals surface area contributed by atoms with E-state index < -0.39 is 0 Å². The number of nitrogens with one attached hydrogen (secondary N) is 1. The van der Waals surface area contributed by atoms with E-state index in [9.17, 15) is 4.79 Å². The monoisotopic (exact) mass is 388 g/mol. The van der Waals surface area contributed by atoms with Crippen molar-refractivity contribution in [3.8, 4) is 0 Å². The van der Waals surface area contributed by atoms with E-state index in [2.05, 4.69) is 37.2 Å². The number of para-hydroxylation sites is 1. The minimum absolute atomic E-state index is 0.160. The Kier molecular flexibility index (Phi) is 4.09. The van der Waals surface area contributed by atoms with E-state index in [-0.39, 0.29) is 5.91 Å². The highest BCUT2D eigenvalue weighted by Crippen LogP contribution is 2.32. The highest BCUT2D eigenvalue weighted by molar-refractivity contribution is 9.11. The second-order valence-corrected chi connectivity index (χ2v) is 6.64. The number of amides is 1. The van der Waals surface area contributed by atoms with Gasteiger partial charge >= 0.3 is 0 Å². The maximum Gasteiger partial charge on any atom is 0.265 e. The molecule has 0 aliphatic rings. The first-order chi connectivity index (χ1) is 8.49. The molecule has 3 N–H and O–H groups in total. The first-order valence-electron chi connectivity index (χ1n) is 5.10. The van der Waals surface area contributed by atoms with E-state index in [0.717, 1.165) is 13.8 Å². The molecule has 0 saturated carbocycles. The third-order valence-corrected chi connectivity index (χ3v) is 4.77. The number of anilines is 2. The SMILES string of the molecule is Cc1sc(C(=O)Nc2c(Br)cccc2Br)cc1N. The van der Waals surface area contributed by atoms with Gasteiger partial charge in [-0.05, 0) is 57.0 Å². The summed E-state index contributed by atoms with van der Waals surface area (Å²) in [7, 11) is 0. The maximum absolute atomic E-state index is 12.1. The molecule has 6 heteroatoms. The van der Waals surface area contributed by atoms with E-state index in [1.165, 1.54) is 11.3 Å². The Labute approximate surface area is 126 Å². The van der Waals surface area contributed by atoms with Gasteiger partial charge in [-0.2, -0.15) is 0 Å². The Morgan fingerprint density at radius 1 is 1.33 bits per heavy atom. The van der Waals surface area contributed by atoms with Gasteiger partial charge in [0.25, 0.3) is 5.91 Å². The van der Waals surface area contributed by atoms with Gasteiger partial charge < -0.3 is 11.1 Å². The van der Waals surface area contributed by atoms with Crippen LogP contribution in [0.1, 0.15) is 14.5 Å². The highest BCUT2D eigenvalue weighted by atomic mass is 79.9. The lowest BCUT2D eigenvalue weighted by Gasteiger charge is -2.08. The number of benzene rings is 1. The topological polar surface area (TPSA) is 55.1 Å². The molecule has 0 aliphatic heterocycles. The number of nitrogen functional groups attached to an aromatic ring is 1. The molecule has 2 rings (SSSR count). The predicted octanol–water partition coefficient (Wildman–Crippen LogP) is 4.42. The first-order valence-corrected chi connectivity index (χ1v) is 7.50. The van der Waals surface area contributed by atoms with Crippen molar-refractivity contribution >= 4 is 60.5 Å². The number of carbonyl (C=O) groups is 1. The zero-order valence-corrected chi connectivity index (χ0v) is 13.4. The second-order valence-electron chi connectivity index (χ2n) is 3.67. The van der Waals surface area contributed by atoms with Gasteiger partial charge in [-0.15, -0.1) is 11.3 Å². The van der Waals surface area contributed by atoms with E-state index in [1.54, 1.807) is 6.07 Å². The van der Waals surface area contributed by atoms with Crippen molar-refractivity contribution in [2.45, 2.75) is 6.92 Å². The third-order valence-electron chi connectivity index (χ3n) is 2.38. The molecular formula is C12H10Br2N2OS. The summed E-state index contributed by atoms with van der Waals surface area (Å²) >= 11 is 8.19. The van der Waals surface area contributed by atoms with Crippen molar-refractivity contribution in [1.29, 1.82) is 0 Å². The summed E-state index contributed by atoms with van der Waals surface area (Å²) in [5, 5.41) is 2.86. The molecule has 94 valence electrons. The molecule has 1 heterocycles. The predicted molar refractivity (Wildman–Crippen MR) is 83.3 cm³/mol. The summed E-state index contributed by atoms with van der Waals surface area (Å²) < 4.78 is 1.65. The van der Waals surface area contributed by atoms with E-state index in [0.29, 0.717) is 16.3 Å². The van der Waals surface area contributed by atoms with Crippen LogP contribution in [0.3, 0.4) is 0 Å². The number of rotatable bonds is 2. The molecule has 0 unspecified atom stereocenters. The van der Waals surface area contributed by atoms with Crippen molar-refractivity contribution in [1.82, 2.24) is 0 Å². The zero-order chi connectivity index (χ0) is 13.3. The molecule has 1 amide bonds. The Hall–Kier alpha value is -0.850. The fraction of sp³-hybridized carbons (Fsp3) is 0.0833. The molecule has 0 atom stereocenters. The van der Waals surface area contributed by atoms with Crippen LogP contribution in [0, 0.1) is 6.92 Å². The van der Waals surface area contributed by atoms with Crippen LogP contribution in [0.25, 0.3) is 0 Å². The zero-order valence-electron chi connectivity index (χ0n) is 9.46. The lowest BCUT2D eigenvalue weighted by molar-refractivity contribution is 0.103. The van der Waals surface area contributed by atoms with Gasteiger partial charge in [-0.3, -0.25) is 4.79 Å². The quantitative estimate of drug-likeness (QED) is 0.798. The molecule has 0 saturated heterocycles. The molecule has 0 aliphatic carbocycles. The Bertz CT molecular complexity index is 570. The smallest absolute Gasteiger partial charge is 0.265 e. The largest absolute Gasteiger partial charge is 0.398 e. The standard InChI is InChI=1S/C12H10Br2N2OS/c1-6-9(15)5-10(18-6)12(17)16-11-7(13)3-2-4-8(11)14/h2-5H,15H2,1H3,(H,16,17). The number of carbonyl (C=O) groups excluding carboxylic acids is 1. The van der Waals surface area contributed by atoms with Crippen molar-refractivity contribution in [2.24, 2.45) is 0 Å². The van der Waals surface area contributed by atoms with Crippen molar-refractivity contribution in [2.75, 3.05) is 11.1 Å². The van der Waals surface area contributed by atoms with Crippen LogP contribution >= 0.6 is 43.2 Å². The van der Waals surface area contributed by atoms with Crippen LogP contribution in [0.4, 0.5) is 11.4 Å². The molecule has 0 spiro atoms. The molecule has 2 aromatic rings. The summed E-state index contributed by atoms with van der Waals surface area (Å²) in [6, 6.07) is 7.32. The first kappa shape index (κ1) is 13.6. The minimum Gasteiger partial charge on any atom is -0.398 e. The van der Waals surface area contributed by atoms with Crippen molar-refractivity contribution < 1.29 is 4.79 Å². The van der Waals surface area contributed by atoms with Crippen LogP contribution < -0.4 is 11.1 Å². The summed E-state index contributed by atoms with van der Waals surface area (Å²) in [5.74, 6) is -0.160. The lowest BCUT2D eigenvalue weighted by Crippen LogP contribution is -2.11. The number of nitrogens with two attached hydrogens (primary N) is 1. The van der Waals surface area contributed by atoms with Crippen LogP contribution in [0.2, 0.25) is 0 Å². The van der Waals surface area contributed by atoms with Gasteiger partial charge in [-0.1, -0.05) is 6.07 Å². The maximum atomic E-state index is 12.1. The summed E-state index contributed by atoms with van der Waals surface area (Å²) in [5.41, 5.74) is 7.11. The molecule has 0 radical (unpaired) electrons. The van der Waals surface area contributed by atoms with E-state index >= 15 is 0 Å². The summed E-state index contributed by atoms with van der Waals surface area (Å²) in [4.78, 5) is 13.6. The molecule has 0 fully saturated rings.